The maximum Gasteiger partial charge on any atom is 0.372 e. The Balaban J connectivity index is 2.06. The SMILES string of the molecule is CSc1cccc(NCc2ccoc2C(=O)O)c1. The minimum absolute atomic E-state index is 0.0106. The first-order valence-corrected chi connectivity index (χ1v) is 6.61. The van der Waals surface area contributed by atoms with Crippen LogP contribution < -0.4 is 5.32 Å². The fraction of sp³-hybridized carbons (Fsp3) is 0.154. The van der Waals surface area contributed by atoms with Gasteiger partial charge in [0.25, 0.3) is 0 Å². The second kappa shape index (κ2) is 5.64. The van der Waals surface area contributed by atoms with E-state index in [9.17, 15) is 4.79 Å². The van der Waals surface area contributed by atoms with Gasteiger partial charge in [0.1, 0.15) is 0 Å². The Labute approximate surface area is 109 Å². The molecular formula is C13H13NO3S. The topological polar surface area (TPSA) is 62.5 Å². The molecule has 94 valence electrons. The first-order valence-electron chi connectivity index (χ1n) is 5.38. The van der Waals surface area contributed by atoms with Gasteiger partial charge in [-0.05, 0) is 30.5 Å². The largest absolute Gasteiger partial charge is 0.475 e. The number of carboxylic acid groups (broad SMARTS) is 1. The Hall–Kier alpha value is -1.88. The third kappa shape index (κ3) is 2.87. The fourth-order valence-electron chi connectivity index (χ4n) is 1.59. The van der Waals surface area contributed by atoms with Gasteiger partial charge in [-0.2, -0.15) is 0 Å². The third-order valence-electron chi connectivity index (χ3n) is 2.49. The monoisotopic (exact) mass is 263 g/mol. The molecule has 0 fully saturated rings. The Morgan fingerprint density at radius 1 is 1.44 bits per heavy atom. The normalized spacial score (nSPS) is 10.3. The van der Waals surface area contributed by atoms with Crippen LogP contribution in [0.1, 0.15) is 16.1 Å². The summed E-state index contributed by atoms with van der Waals surface area (Å²) in [6.07, 6.45) is 3.40. The molecule has 1 aromatic heterocycles. The van der Waals surface area contributed by atoms with Crippen LogP contribution in [0.3, 0.4) is 0 Å². The summed E-state index contributed by atoms with van der Waals surface area (Å²) in [5.74, 6) is -1.06. The first kappa shape index (κ1) is 12.6. The van der Waals surface area contributed by atoms with Crippen molar-refractivity contribution in [1.29, 1.82) is 0 Å². The van der Waals surface area contributed by atoms with E-state index in [1.807, 2.05) is 30.5 Å². The zero-order chi connectivity index (χ0) is 13.0. The van der Waals surface area contributed by atoms with Gasteiger partial charge in [-0.25, -0.2) is 4.79 Å². The van der Waals surface area contributed by atoms with E-state index >= 15 is 0 Å². The molecule has 0 radical (unpaired) electrons. The van der Waals surface area contributed by atoms with Crippen LogP contribution in [0.15, 0.2) is 45.9 Å². The average Bonchev–Trinajstić information content (AvgIpc) is 2.85. The van der Waals surface area contributed by atoms with E-state index < -0.39 is 5.97 Å². The van der Waals surface area contributed by atoms with Crippen molar-refractivity contribution < 1.29 is 14.3 Å². The Bertz CT molecular complexity index is 551. The van der Waals surface area contributed by atoms with Gasteiger partial charge in [-0.1, -0.05) is 6.07 Å². The van der Waals surface area contributed by atoms with Crippen molar-refractivity contribution in [3.05, 3.63) is 47.9 Å². The Kier molecular flexibility index (Phi) is 3.94. The highest BCUT2D eigenvalue weighted by Crippen LogP contribution is 2.20. The molecule has 0 amide bonds. The minimum atomic E-state index is -1.05. The Morgan fingerprint density at radius 2 is 2.28 bits per heavy atom. The molecule has 0 aliphatic heterocycles. The van der Waals surface area contributed by atoms with Gasteiger partial charge >= 0.3 is 5.97 Å². The zero-order valence-electron chi connectivity index (χ0n) is 9.84. The second-order valence-electron chi connectivity index (χ2n) is 3.67. The lowest BCUT2D eigenvalue weighted by atomic mass is 10.2. The minimum Gasteiger partial charge on any atom is -0.475 e. The molecule has 2 aromatic rings. The van der Waals surface area contributed by atoms with Crippen molar-refractivity contribution in [1.82, 2.24) is 0 Å². The van der Waals surface area contributed by atoms with Crippen molar-refractivity contribution >= 4 is 23.4 Å². The summed E-state index contributed by atoms with van der Waals surface area (Å²) in [4.78, 5) is 12.0. The molecule has 0 bridgehead atoms. The number of furan rings is 1. The number of anilines is 1. The number of aromatic carboxylic acids is 1. The molecule has 2 rings (SSSR count). The molecule has 0 spiro atoms. The van der Waals surface area contributed by atoms with E-state index in [4.69, 9.17) is 9.52 Å². The molecule has 18 heavy (non-hydrogen) atoms. The summed E-state index contributed by atoms with van der Waals surface area (Å²) < 4.78 is 4.92. The zero-order valence-corrected chi connectivity index (χ0v) is 10.7. The summed E-state index contributed by atoms with van der Waals surface area (Å²) >= 11 is 1.66. The molecule has 0 saturated heterocycles. The molecular weight excluding hydrogens is 250 g/mol. The molecule has 0 unspecified atom stereocenters. The molecule has 1 aromatic carbocycles. The molecule has 2 N–H and O–H groups in total. The Morgan fingerprint density at radius 3 is 3.00 bits per heavy atom. The smallest absolute Gasteiger partial charge is 0.372 e. The van der Waals surface area contributed by atoms with E-state index in [-0.39, 0.29) is 5.76 Å². The summed E-state index contributed by atoms with van der Waals surface area (Å²) in [6, 6.07) is 9.61. The highest BCUT2D eigenvalue weighted by atomic mass is 32.2. The first-order chi connectivity index (χ1) is 8.70. The predicted molar refractivity (Wildman–Crippen MR) is 71.2 cm³/mol. The lowest BCUT2D eigenvalue weighted by molar-refractivity contribution is 0.0661. The maximum absolute atomic E-state index is 10.9. The van der Waals surface area contributed by atoms with Crippen LogP contribution in [-0.2, 0) is 6.54 Å². The van der Waals surface area contributed by atoms with E-state index in [0.29, 0.717) is 12.1 Å². The van der Waals surface area contributed by atoms with Gasteiger partial charge in [0, 0.05) is 22.7 Å². The molecule has 0 atom stereocenters. The van der Waals surface area contributed by atoms with Gasteiger partial charge < -0.3 is 14.8 Å². The number of carbonyl (C=O) groups is 1. The number of hydrogen-bond acceptors (Lipinski definition) is 4. The van der Waals surface area contributed by atoms with Crippen LogP contribution in [-0.4, -0.2) is 17.3 Å². The molecule has 5 heteroatoms. The van der Waals surface area contributed by atoms with Crippen LogP contribution in [0.4, 0.5) is 5.69 Å². The second-order valence-corrected chi connectivity index (χ2v) is 4.55. The van der Waals surface area contributed by atoms with Crippen LogP contribution in [0.25, 0.3) is 0 Å². The highest BCUT2D eigenvalue weighted by molar-refractivity contribution is 7.98. The van der Waals surface area contributed by atoms with Crippen molar-refractivity contribution in [2.24, 2.45) is 0 Å². The van der Waals surface area contributed by atoms with E-state index in [2.05, 4.69) is 5.32 Å². The van der Waals surface area contributed by atoms with E-state index in [1.165, 1.54) is 6.26 Å². The van der Waals surface area contributed by atoms with Gasteiger partial charge in [-0.3, -0.25) is 0 Å². The average molecular weight is 263 g/mol. The predicted octanol–water partition coefficient (Wildman–Crippen LogP) is 3.31. The van der Waals surface area contributed by atoms with Crippen LogP contribution >= 0.6 is 11.8 Å². The molecule has 0 saturated carbocycles. The quantitative estimate of drug-likeness (QED) is 0.810. The molecule has 0 aliphatic carbocycles. The summed E-state index contributed by atoms with van der Waals surface area (Å²) in [5.41, 5.74) is 1.59. The number of carboxylic acids is 1. The van der Waals surface area contributed by atoms with Crippen LogP contribution in [0.2, 0.25) is 0 Å². The van der Waals surface area contributed by atoms with Gasteiger partial charge in [-0.15, -0.1) is 11.8 Å². The number of hydrogen-bond donors (Lipinski definition) is 2. The van der Waals surface area contributed by atoms with E-state index in [0.717, 1.165) is 10.6 Å². The standard InChI is InChI=1S/C13H13NO3S/c1-18-11-4-2-3-10(7-11)14-8-9-5-6-17-12(9)13(15)16/h2-7,14H,8H2,1H3,(H,15,16). The van der Waals surface area contributed by atoms with Crippen LogP contribution in [0.5, 0.6) is 0 Å². The van der Waals surface area contributed by atoms with Crippen molar-refractivity contribution in [3.63, 3.8) is 0 Å². The summed E-state index contributed by atoms with van der Waals surface area (Å²) in [6.45, 7) is 0.427. The summed E-state index contributed by atoms with van der Waals surface area (Å²) in [5, 5.41) is 12.1. The number of benzene rings is 1. The fourth-order valence-corrected chi connectivity index (χ4v) is 2.05. The third-order valence-corrected chi connectivity index (χ3v) is 3.22. The van der Waals surface area contributed by atoms with Crippen LogP contribution in [0, 0.1) is 0 Å². The van der Waals surface area contributed by atoms with Crippen molar-refractivity contribution in [2.45, 2.75) is 11.4 Å². The molecule has 4 nitrogen and oxygen atoms in total. The van der Waals surface area contributed by atoms with Crippen molar-refractivity contribution in [3.8, 4) is 0 Å². The van der Waals surface area contributed by atoms with Gasteiger partial charge in [0.05, 0.1) is 6.26 Å². The number of rotatable bonds is 5. The number of nitrogens with one attached hydrogen (secondary N) is 1. The lowest BCUT2D eigenvalue weighted by Crippen LogP contribution is -2.04. The van der Waals surface area contributed by atoms with Gasteiger partial charge in [0.15, 0.2) is 0 Å². The van der Waals surface area contributed by atoms with Crippen molar-refractivity contribution in [2.75, 3.05) is 11.6 Å². The van der Waals surface area contributed by atoms with E-state index in [1.54, 1.807) is 17.8 Å². The van der Waals surface area contributed by atoms with Gasteiger partial charge in [0.2, 0.25) is 5.76 Å². The summed E-state index contributed by atoms with van der Waals surface area (Å²) in [7, 11) is 0. The molecule has 1 heterocycles. The number of thioether (sulfide) groups is 1. The maximum atomic E-state index is 10.9. The highest BCUT2D eigenvalue weighted by Gasteiger charge is 2.13. The lowest BCUT2D eigenvalue weighted by Gasteiger charge is -2.06. The molecule has 0 aliphatic rings.